The van der Waals surface area contributed by atoms with Crippen LogP contribution in [0.25, 0.3) is 0 Å². The average Bonchev–Trinajstić information content (AvgIpc) is 4.10. The van der Waals surface area contributed by atoms with Crippen LogP contribution in [0.1, 0.15) is 44.5 Å². The van der Waals surface area contributed by atoms with E-state index >= 15 is 0 Å². The monoisotopic (exact) mass is 614 g/mol. The maximum atomic E-state index is 8.35. The summed E-state index contributed by atoms with van der Waals surface area (Å²) < 4.78 is 20.0. The van der Waals surface area contributed by atoms with Crippen molar-refractivity contribution in [2.45, 2.75) is 36.3 Å². The number of rotatable bonds is 12. The first kappa shape index (κ1) is 29.6. The molecule has 8 rings (SSSR count). The van der Waals surface area contributed by atoms with E-state index in [0.717, 1.165) is 59.4 Å². The van der Waals surface area contributed by atoms with Crippen LogP contribution >= 0.6 is 0 Å². The molecule has 2 fully saturated rings. The number of hydrogen-bond acceptors (Lipinski definition) is 3. The molecular formula is C44H38O3. The molecule has 0 spiro atoms. The summed E-state index contributed by atoms with van der Waals surface area (Å²) in [5.41, 5.74) is 6.91. The molecule has 0 amide bonds. The van der Waals surface area contributed by atoms with Crippen LogP contribution in [0.5, 0.6) is 0 Å². The maximum absolute atomic E-state index is 8.35. The summed E-state index contributed by atoms with van der Waals surface area (Å²) in [6.07, 6.45) is 2.07. The summed E-state index contributed by atoms with van der Waals surface area (Å²) in [6.45, 7) is 1.57. The Balaban J connectivity index is 1.50. The van der Waals surface area contributed by atoms with Crippen molar-refractivity contribution in [1.29, 1.82) is 0 Å². The minimum absolute atomic E-state index is 0.215. The molecule has 0 bridgehead atoms. The topological polar surface area (TPSA) is 34.3 Å². The summed E-state index contributed by atoms with van der Waals surface area (Å²) in [5.74, 6) is 0. The highest BCUT2D eigenvalue weighted by Crippen LogP contribution is 2.53. The van der Waals surface area contributed by atoms with E-state index < -0.39 is 11.2 Å². The first-order chi connectivity index (χ1) is 23.3. The fourth-order valence-corrected chi connectivity index (χ4v) is 7.17. The fourth-order valence-electron chi connectivity index (χ4n) is 7.17. The van der Waals surface area contributed by atoms with Crippen molar-refractivity contribution in [3.8, 4) is 0 Å². The van der Waals surface area contributed by atoms with Crippen LogP contribution in [0.3, 0.4) is 0 Å². The van der Waals surface area contributed by atoms with Gasteiger partial charge in [-0.05, 0) is 44.5 Å². The molecule has 3 nitrogen and oxygen atoms in total. The lowest BCUT2D eigenvalue weighted by atomic mass is 9.73. The highest BCUT2D eigenvalue weighted by Gasteiger charge is 2.50. The Bertz CT molecular complexity index is 1690. The average molecular weight is 615 g/mol. The predicted octanol–water partition coefficient (Wildman–Crippen LogP) is 8.87. The fraction of sp³-hybridized carbons (Fsp3) is 0.182. The summed E-state index contributed by atoms with van der Waals surface area (Å²) in [7, 11) is 0. The van der Waals surface area contributed by atoms with Gasteiger partial charge in [-0.15, -0.1) is 0 Å². The van der Waals surface area contributed by atoms with Crippen LogP contribution in [0, 0.1) is 0 Å². The summed E-state index contributed by atoms with van der Waals surface area (Å²) in [5, 5.41) is 0. The van der Waals surface area contributed by atoms with E-state index in [0.29, 0.717) is 0 Å². The second-order valence-electron chi connectivity index (χ2n) is 12.6. The van der Waals surface area contributed by atoms with Gasteiger partial charge in [-0.2, -0.15) is 0 Å². The van der Waals surface area contributed by atoms with Gasteiger partial charge >= 0.3 is 0 Å². The highest BCUT2D eigenvalue weighted by molar-refractivity contribution is 5.56. The normalized spacial score (nSPS) is 17.3. The molecule has 2 saturated heterocycles. The molecule has 0 radical (unpaired) electrons. The van der Waals surface area contributed by atoms with Gasteiger partial charge in [0.2, 0.25) is 0 Å². The second-order valence-corrected chi connectivity index (χ2v) is 12.6. The summed E-state index contributed by atoms with van der Waals surface area (Å²) in [6, 6.07) is 60.5. The van der Waals surface area contributed by atoms with Crippen molar-refractivity contribution in [3.63, 3.8) is 0 Å². The zero-order chi connectivity index (χ0) is 31.5. The molecule has 2 heterocycles. The Morgan fingerprint density at radius 3 is 0.979 bits per heavy atom. The Morgan fingerprint density at radius 2 is 0.681 bits per heavy atom. The lowest BCUT2D eigenvalue weighted by Gasteiger charge is -2.47. The Kier molecular flexibility index (Phi) is 8.04. The standard InChI is InChI=1S/C44H38O3/c1-5-19-35(20-6-1)43(36-21-7-2-8-22-36,41-27-15-13-17-33(41)29-39-31-45-39)47-44(37-23-9-3-10-24-37,38-25-11-4-12-26-38)42-28-16-14-18-34(42)30-40-32-46-40/h1-28,39-40H,29-32H2. The Morgan fingerprint density at radius 1 is 0.404 bits per heavy atom. The van der Waals surface area contributed by atoms with Crippen LogP contribution in [0.2, 0.25) is 0 Å². The van der Waals surface area contributed by atoms with Crippen molar-refractivity contribution in [3.05, 3.63) is 214 Å². The first-order valence-electron chi connectivity index (χ1n) is 16.6. The van der Waals surface area contributed by atoms with E-state index in [1.54, 1.807) is 0 Å². The molecule has 232 valence electrons. The van der Waals surface area contributed by atoms with Crippen molar-refractivity contribution in [2.75, 3.05) is 13.2 Å². The van der Waals surface area contributed by atoms with Crippen LogP contribution in [0.15, 0.2) is 170 Å². The van der Waals surface area contributed by atoms with Crippen molar-refractivity contribution < 1.29 is 14.2 Å². The largest absolute Gasteiger partial charge is 0.373 e. The Hall–Kier alpha value is -4.80. The molecular weight excluding hydrogens is 576 g/mol. The number of epoxide rings is 2. The van der Waals surface area contributed by atoms with Crippen molar-refractivity contribution in [2.24, 2.45) is 0 Å². The van der Waals surface area contributed by atoms with Gasteiger partial charge < -0.3 is 14.2 Å². The zero-order valence-electron chi connectivity index (χ0n) is 26.4. The van der Waals surface area contributed by atoms with E-state index in [1.807, 2.05) is 0 Å². The highest BCUT2D eigenvalue weighted by atomic mass is 16.6. The molecule has 6 aromatic carbocycles. The first-order valence-corrected chi connectivity index (χ1v) is 16.6. The zero-order valence-corrected chi connectivity index (χ0v) is 26.4. The van der Waals surface area contributed by atoms with Gasteiger partial charge in [0.25, 0.3) is 0 Å². The van der Waals surface area contributed by atoms with E-state index in [-0.39, 0.29) is 12.2 Å². The van der Waals surface area contributed by atoms with Crippen LogP contribution < -0.4 is 0 Å². The minimum atomic E-state index is -1.01. The molecule has 0 aromatic heterocycles. The molecule has 2 atom stereocenters. The van der Waals surface area contributed by atoms with Crippen molar-refractivity contribution in [1.82, 2.24) is 0 Å². The van der Waals surface area contributed by atoms with Gasteiger partial charge in [0.1, 0.15) is 11.2 Å². The molecule has 6 aromatic rings. The third-order valence-corrected chi connectivity index (χ3v) is 9.52. The van der Waals surface area contributed by atoms with Crippen LogP contribution in [-0.2, 0) is 38.3 Å². The smallest absolute Gasteiger partial charge is 0.146 e. The molecule has 47 heavy (non-hydrogen) atoms. The van der Waals surface area contributed by atoms with E-state index in [4.69, 9.17) is 14.2 Å². The molecule has 0 aliphatic carbocycles. The van der Waals surface area contributed by atoms with Gasteiger partial charge in [-0.1, -0.05) is 170 Å². The molecule has 0 N–H and O–H groups in total. The molecule has 2 aliphatic heterocycles. The third kappa shape index (κ3) is 5.72. The lowest BCUT2D eigenvalue weighted by molar-refractivity contribution is -0.0818. The van der Waals surface area contributed by atoms with Crippen molar-refractivity contribution >= 4 is 0 Å². The molecule has 2 unspecified atom stereocenters. The van der Waals surface area contributed by atoms with Crippen LogP contribution in [-0.4, -0.2) is 25.4 Å². The van der Waals surface area contributed by atoms with Gasteiger partial charge in [0.15, 0.2) is 0 Å². The summed E-state index contributed by atoms with van der Waals surface area (Å²) in [4.78, 5) is 0. The molecule has 0 saturated carbocycles. The Labute approximate surface area is 277 Å². The number of ether oxygens (including phenoxy) is 3. The number of hydrogen-bond donors (Lipinski definition) is 0. The van der Waals surface area contributed by atoms with Gasteiger partial charge in [-0.25, -0.2) is 0 Å². The lowest BCUT2D eigenvalue weighted by Crippen LogP contribution is -2.45. The van der Waals surface area contributed by atoms with Gasteiger partial charge in [0, 0.05) is 12.8 Å². The third-order valence-electron chi connectivity index (χ3n) is 9.52. The van der Waals surface area contributed by atoms with E-state index in [1.165, 1.54) is 11.1 Å². The predicted molar refractivity (Wildman–Crippen MR) is 186 cm³/mol. The quantitative estimate of drug-likeness (QED) is 0.102. The second kappa shape index (κ2) is 12.8. The number of benzene rings is 6. The van der Waals surface area contributed by atoms with Gasteiger partial charge in [0.05, 0.1) is 25.4 Å². The maximum Gasteiger partial charge on any atom is 0.146 e. The van der Waals surface area contributed by atoms with E-state index in [2.05, 4.69) is 170 Å². The van der Waals surface area contributed by atoms with Gasteiger partial charge in [-0.3, -0.25) is 0 Å². The minimum Gasteiger partial charge on any atom is -0.373 e. The molecule has 2 aliphatic rings. The molecule has 3 heteroatoms. The van der Waals surface area contributed by atoms with E-state index in [9.17, 15) is 0 Å². The SMILES string of the molecule is c1ccc(C(OC(c2ccccc2)(c2ccccc2)c2ccccc2CC2CO2)(c2ccccc2)c2ccccc2CC2CO2)cc1. The summed E-state index contributed by atoms with van der Waals surface area (Å²) >= 11 is 0. The van der Waals surface area contributed by atoms with Crippen LogP contribution in [0.4, 0.5) is 0 Å².